The number of nitro groups is 1. The van der Waals surface area contributed by atoms with Crippen LogP contribution >= 0.6 is 0 Å². The molecule has 1 amide bonds. The van der Waals surface area contributed by atoms with Crippen molar-refractivity contribution in [2.24, 2.45) is 0 Å². The molecule has 1 aromatic carbocycles. The molecule has 1 saturated heterocycles. The lowest BCUT2D eigenvalue weighted by Gasteiger charge is -2.36. The van der Waals surface area contributed by atoms with Crippen LogP contribution < -0.4 is 4.90 Å². The molecule has 3 rings (SSSR count). The third kappa shape index (κ3) is 3.67. The number of benzene rings is 1. The van der Waals surface area contributed by atoms with Crippen molar-refractivity contribution in [1.82, 2.24) is 4.90 Å². The molecule has 134 valence electrons. The molecule has 2 heterocycles. The number of piperazine rings is 1. The summed E-state index contributed by atoms with van der Waals surface area (Å²) in [6, 6.07) is 4.73. The Labute approximate surface area is 145 Å². The van der Waals surface area contributed by atoms with Crippen molar-refractivity contribution in [2.75, 3.05) is 31.1 Å². The predicted molar refractivity (Wildman–Crippen MR) is 92.9 cm³/mol. The first kappa shape index (κ1) is 17.1. The van der Waals surface area contributed by atoms with Gasteiger partial charge in [0.15, 0.2) is 5.58 Å². The second-order valence-electron chi connectivity index (χ2n) is 7.02. The number of fused-ring (bicyclic) bond motifs is 1. The van der Waals surface area contributed by atoms with E-state index in [-0.39, 0.29) is 11.8 Å². The number of hydrogen-bond donors (Lipinski definition) is 0. The summed E-state index contributed by atoms with van der Waals surface area (Å²) in [7, 11) is 0. The molecule has 1 aliphatic heterocycles. The van der Waals surface area contributed by atoms with Crippen LogP contribution in [0.1, 0.15) is 20.8 Å². The lowest BCUT2D eigenvalue weighted by Crippen LogP contribution is -2.50. The van der Waals surface area contributed by atoms with Crippen LogP contribution in [0.5, 0.6) is 0 Å². The predicted octanol–water partition coefficient (Wildman–Crippen LogP) is 3.40. The number of carbonyl (C=O) groups is 1. The maximum absolute atomic E-state index is 12.1. The Balaban J connectivity index is 1.77. The SMILES string of the molecule is CC(C)(C)OC(=O)N1CCN(c2cc([N+](=O)[O-])cc3ccoc23)CC1. The van der Waals surface area contributed by atoms with E-state index in [4.69, 9.17) is 9.15 Å². The smallest absolute Gasteiger partial charge is 0.410 e. The summed E-state index contributed by atoms with van der Waals surface area (Å²) in [6.45, 7) is 7.57. The molecular formula is C17H21N3O5. The van der Waals surface area contributed by atoms with E-state index >= 15 is 0 Å². The van der Waals surface area contributed by atoms with Gasteiger partial charge >= 0.3 is 6.09 Å². The Morgan fingerprint density at radius 3 is 2.52 bits per heavy atom. The zero-order valence-corrected chi connectivity index (χ0v) is 14.5. The van der Waals surface area contributed by atoms with Gasteiger partial charge in [-0.25, -0.2) is 4.79 Å². The highest BCUT2D eigenvalue weighted by atomic mass is 16.6. The molecule has 2 aromatic rings. The van der Waals surface area contributed by atoms with Crippen LogP contribution in [-0.4, -0.2) is 47.7 Å². The number of hydrogen-bond acceptors (Lipinski definition) is 6. The number of furan rings is 1. The minimum atomic E-state index is -0.533. The topological polar surface area (TPSA) is 89.1 Å². The molecule has 0 bridgehead atoms. The molecular weight excluding hydrogens is 326 g/mol. The van der Waals surface area contributed by atoms with Crippen molar-refractivity contribution in [1.29, 1.82) is 0 Å². The van der Waals surface area contributed by atoms with Crippen molar-refractivity contribution < 1.29 is 18.9 Å². The fraction of sp³-hybridized carbons (Fsp3) is 0.471. The van der Waals surface area contributed by atoms with E-state index in [1.807, 2.05) is 25.7 Å². The number of nitrogens with zero attached hydrogens (tertiary/aromatic N) is 3. The summed E-state index contributed by atoms with van der Waals surface area (Å²) in [4.78, 5) is 26.6. The number of ether oxygens (including phenoxy) is 1. The van der Waals surface area contributed by atoms with Gasteiger partial charge in [0.25, 0.3) is 5.69 Å². The Morgan fingerprint density at radius 2 is 1.92 bits per heavy atom. The van der Waals surface area contributed by atoms with Gasteiger partial charge in [-0.1, -0.05) is 0 Å². The lowest BCUT2D eigenvalue weighted by atomic mass is 10.1. The van der Waals surface area contributed by atoms with Gasteiger partial charge < -0.3 is 19.0 Å². The molecule has 8 nitrogen and oxygen atoms in total. The fourth-order valence-corrected chi connectivity index (χ4v) is 2.84. The van der Waals surface area contributed by atoms with Crippen LogP contribution in [-0.2, 0) is 4.74 Å². The van der Waals surface area contributed by atoms with Crippen LogP contribution in [0.3, 0.4) is 0 Å². The third-order valence-corrected chi connectivity index (χ3v) is 4.00. The summed E-state index contributed by atoms with van der Waals surface area (Å²) in [5, 5.41) is 11.9. The minimum absolute atomic E-state index is 0.0264. The van der Waals surface area contributed by atoms with Crippen molar-refractivity contribution in [3.63, 3.8) is 0 Å². The van der Waals surface area contributed by atoms with Gasteiger partial charge in [-0.05, 0) is 26.8 Å². The van der Waals surface area contributed by atoms with Gasteiger partial charge in [0.2, 0.25) is 0 Å². The van der Waals surface area contributed by atoms with Crippen molar-refractivity contribution >= 4 is 28.4 Å². The molecule has 0 atom stereocenters. The number of anilines is 1. The molecule has 0 saturated carbocycles. The molecule has 0 N–H and O–H groups in total. The summed E-state index contributed by atoms with van der Waals surface area (Å²) in [5.74, 6) is 0. The normalized spacial score (nSPS) is 15.5. The summed E-state index contributed by atoms with van der Waals surface area (Å²) >= 11 is 0. The highest BCUT2D eigenvalue weighted by molar-refractivity contribution is 5.92. The van der Waals surface area contributed by atoms with Crippen LogP contribution in [0.4, 0.5) is 16.2 Å². The number of nitro benzene ring substituents is 1. The monoisotopic (exact) mass is 347 g/mol. The van der Waals surface area contributed by atoms with Crippen LogP contribution in [0.25, 0.3) is 11.0 Å². The third-order valence-electron chi connectivity index (χ3n) is 4.00. The van der Waals surface area contributed by atoms with Crippen LogP contribution in [0, 0.1) is 10.1 Å². The number of non-ortho nitro benzene ring substituents is 1. The Bertz CT molecular complexity index is 800. The fourth-order valence-electron chi connectivity index (χ4n) is 2.84. The highest BCUT2D eigenvalue weighted by Crippen LogP contribution is 2.33. The zero-order valence-electron chi connectivity index (χ0n) is 14.5. The van der Waals surface area contributed by atoms with E-state index < -0.39 is 10.5 Å². The molecule has 0 unspecified atom stereocenters. The number of rotatable bonds is 2. The van der Waals surface area contributed by atoms with Crippen LogP contribution in [0.2, 0.25) is 0 Å². The molecule has 0 spiro atoms. The second kappa shape index (κ2) is 6.27. The maximum Gasteiger partial charge on any atom is 0.410 e. The first-order valence-electron chi connectivity index (χ1n) is 8.13. The standard InChI is InChI=1S/C17H21N3O5/c1-17(2,3)25-16(21)19-7-5-18(6-8-19)14-11-13(20(22)23)10-12-4-9-24-15(12)14/h4,9-11H,5-8H2,1-3H3. The molecule has 8 heteroatoms. The van der Waals surface area contributed by atoms with Gasteiger partial charge in [0.1, 0.15) is 5.60 Å². The van der Waals surface area contributed by atoms with Gasteiger partial charge in [-0.2, -0.15) is 0 Å². The number of carbonyl (C=O) groups excluding carboxylic acids is 1. The van der Waals surface area contributed by atoms with E-state index in [0.717, 1.165) is 0 Å². The average molecular weight is 347 g/mol. The molecule has 1 aromatic heterocycles. The van der Waals surface area contributed by atoms with E-state index in [9.17, 15) is 14.9 Å². The summed E-state index contributed by atoms with van der Waals surface area (Å²) < 4.78 is 10.9. The van der Waals surface area contributed by atoms with Crippen molar-refractivity contribution in [2.45, 2.75) is 26.4 Å². The minimum Gasteiger partial charge on any atom is -0.462 e. The van der Waals surface area contributed by atoms with Gasteiger partial charge in [0.05, 0.1) is 16.9 Å². The first-order chi connectivity index (χ1) is 11.7. The summed E-state index contributed by atoms with van der Waals surface area (Å²) in [5.41, 5.74) is 0.794. The van der Waals surface area contributed by atoms with Crippen molar-refractivity contribution in [3.8, 4) is 0 Å². The van der Waals surface area contributed by atoms with Gasteiger partial charge in [0, 0.05) is 43.7 Å². The first-order valence-corrected chi connectivity index (χ1v) is 8.13. The van der Waals surface area contributed by atoms with E-state index in [2.05, 4.69) is 0 Å². The lowest BCUT2D eigenvalue weighted by molar-refractivity contribution is -0.384. The Hall–Kier alpha value is -2.77. The van der Waals surface area contributed by atoms with Gasteiger partial charge in [-0.15, -0.1) is 0 Å². The molecule has 1 aliphatic rings. The average Bonchev–Trinajstić information content (AvgIpc) is 3.01. The van der Waals surface area contributed by atoms with E-state index in [1.54, 1.807) is 11.0 Å². The van der Waals surface area contributed by atoms with E-state index in [1.165, 1.54) is 18.4 Å². The number of amides is 1. The zero-order chi connectivity index (χ0) is 18.2. The Morgan fingerprint density at radius 1 is 1.24 bits per heavy atom. The quantitative estimate of drug-likeness (QED) is 0.611. The van der Waals surface area contributed by atoms with Gasteiger partial charge in [-0.3, -0.25) is 10.1 Å². The summed E-state index contributed by atoms with van der Waals surface area (Å²) in [6.07, 6.45) is 1.18. The molecule has 1 fully saturated rings. The largest absolute Gasteiger partial charge is 0.462 e. The second-order valence-corrected chi connectivity index (χ2v) is 7.02. The van der Waals surface area contributed by atoms with Crippen LogP contribution in [0.15, 0.2) is 28.9 Å². The van der Waals surface area contributed by atoms with Crippen molar-refractivity contribution in [3.05, 3.63) is 34.6 Å². The molecule has 0 radical (unpaired) electrons. The van der Waals surface area contributed by atoms with E-state index in [0.29, 0.717) is 42.8 Å². The molecule has 25 heavy (non-hydrogen) atoms. The Kier molecular flexibility index (Phi) is 4.28. The highest BCUT2D eigenvalue weighted by Gasteiger charge is 2.27. The molecule has 0 aliphatic carbocycles. The maximum atomic E-state index is 12.1.